The first-order chi connectivity index (χ1) is 13.7. The molecule has 3 heterocycles. The summed E-state index contributed by atoms with van der Waals surface area (Å²) in [6, 6.07) is 2.24. The number of hydrogen-bond acceptors (Lipinski definition) is 6. The van der Waals surface area contributed by atoms with E-state index in [0.29, 0.717) is 0 Å². The molecule has 152 valence electrons. The standard InChI is InChI=1S/C22H34N6/c1-2-6-27(5-1)19-12-20(28-7-3-23-4-8-28)25-21(24-19)26-22-13-16-9-17(14-22)11-18(10-16)15-22/h12,16-18,23H,1-11,13-15H2,(H,24,25,26). The highest BCUT2D eigenvalue weighted by molar-refractivity contribution is 5.56. The van der Waals surface area contributed by atoms with Gasteiger partial charge in [0.05, 0.1) is 0 Å². The molecule has 6 aliphatic rings. The van der Waals surface area contributed by atoms with E-state index in [-0.39, 0.29) is 5.54 Å². The summed E-state index contributed by atoms with van der Waals surface area (Å²) in [7, 11) is 0. The predicted octanol–water partition coefficient (Wildman–Crippen LogP) is 2.87. The molecule has 6 fully saturated rings. The van der Waals surface area contributed by atoms with Crippen LogP contribution in [0.3, 0.4) is 0 Å². The Bertz CT molecular complexity index is 686. The van der Waals surface area contributed by atoms with Crippen LogP contribution in [-0.4, -0.2) is 54.8 Å². The molecule has 2 aliphatic heterocycles. The normalized spacial score (nSPS) is 36.9. The van der Waals surface area contributed by atoms with Crippen molar-refractivity contribution in [1.82, 2.24) is 15.3 Å². The van der Waals surface area contributed by atoms with Crippen LogP contribution >= 0.6 is 0 Å². The minimum Gasteiger partial charge on any atom is -0.356 e. The van der Waals surface area contributed by atoms with Gasteiger partial charge < -0.3 is 20.4 Å². The zero-order valence-electron chi connectivity index (χ0n) is 17.0. The molecule has 6 nitrogen and oxygen atoms in total. The molecule has 4 aliphatic carbocycles. The molecule has 28 heavy (non-hydrogen) atoms. The number of hydrogen-bond donors (Lipinski definition) is 2. The van der Waals surface area contributed by atoms with Crippen LogP contribution in [0.4, 0.5) is 17.6 Å². The fraction of sp³-hybridized carbons (Fsp3) is 0.818. The maximum Gasteiger partial charge on any atom is 0.227 e. The van der Waals surface area contributed by atoms with E-state index in [2.05, 4.69) is 26.5 Å². The van der Waals surface area contributed by atoms with Gasteiger partial charge in [-0.25, -0.2) is 0 Å². The Hall–Kier alpha value is -1.56. The second kappa shape index (κ2) is 6.75. The highest BCUT2D eigenvalue weighted by Gasteiger charge is 2.51. The summed E-state index contributed by atoms with van der Waals surface area (Å²) in [4.78, 5) is 15.0. The Labute approximate surface area is 168 Å². The van der Waals surface area contributed by atoms with Gasteiger partial charge >= 0.3 is 0 Å². The number of anilines is 3. The van der Waals surface area contributed by atoms with E-state index < -0.39 is 0 Å². The third-order valence-corrected chi connectivity index (χ3v) is 7.99. The molecule has 4 bridgehead atoms. The Balaban J connectivity index is 1.31. The number of nitrogens with one attached hydrogen (secondary N) is 2. The molecular weight excluding hydrogens is 348 g/mol. The van der Waals surface area contributed by atoms with Gasteiger partial charge in [0.2, 0.25) is 5.95 Å². The van der Waals surface area contributed by atoms with Gasteiger partial charge in [0.1, 0.15) is 11.6 Å². The molecule has 0 radical (unpaired) electrons. The van der Waals surface area contributed by atoms with Crippen molar-refractivity contribution in [3.05, 3.63) is 6.07 Å². The fourth-order valence-corrected chi connectivity index (χ4v) is 7.14. The molecule has 4 saturated carbocycles. The Morgan fingerprint density at radius 3 is 1.93 bits per heavy atom. The van der Waals surface area contributed by atoms with E-state index in [1.807, 2.05) is 0 Å². The van der Waals surface area contributed by atoms with Gasteiger partial charge in [-0.05, 0) is 69.1 Å². The molecule has 0 atom stereocenters. The third-order valence-electron chi connectivity index (χ3n) is 7.99. The van der Waals surface area contributed by atoms with Crippen LogP contribution in [0.25, 0.3) is 0 Å². The fourth-order valence-electron chi connectivity index (χ4n) is 7.14. The third kappa shape index (κ3) is 3.14. The van der Waals surface area contributed by atoms with Crippen molar-refractivity contribution in [3.63, 3.8) is 0 Å². The molecule has 1 aromatic heterocycles. The zero-order valence-corrected chi connectivity index (χ0v) is 17.0. The smallest absolute Gasteiger partial charge is 0.227 e. The lowest BCUT2D eigenvalue weighted by Crippen LogP contribution is -2.55. The Morgan fingerprint density at radius 1 is 0.821 bits per heavy atom. The average Bonchev–Trinajstić information content (AvgIpc) is 3.22. The Morgan fingerprint density at radius 2 is 1.36 bits per heavy atom. The topological polar surface area (TPSA) is 56.3 Å². The van der Waals surface area contributed by atoms with E-state index >= 15 is 0 Å². The van der Waals surface area contributed by atoms with Gasteiger partial charge in [0, 0.05) is 50.9 Å². The van der Waals surface area contributed by atoms with E-state index in [9.17, 15) is 0 Å². The predicted molar refractivity (Wildman–Crippen MR) is 113 cm³/mol. The van der Waals surface area contributed by atoms with Gasteiger partial charge in [0.15, 0.2) is 0 Å². The van der Waals surface area contributed by atoms with E-state index in [1.165, 1.54) is 51.4 Å². The molecular formula is C22H34N6. The largest absolute Gasteiger partial charge is 0.356 e. The lowest BCUT2D eigenvalue weighted by Gasteiger charge is -2.56. The molecule has 2 saturated heterocycles. The van der Waals surface area contributed by atoms with Crippen LogP contribution in [0.2, 0.25) is 0 Å². The van der Waals surface area contributed by atoms with E-state index in [4.69, 9.17) is 9.97 Å². The highest BCUT2D eigenvalue weighted by atomic mass is 15.3. The van der Waals surface area contributed by atoms with Gasteiger partial charge in [0.25, 0.3) is 0 Å². The van der Waals surface area contributed by atoms with Crippen molar-refractivity contribution in [3.8, 4) is 0 Å². The molecule has 0 unspecified atom stereocenters. The second-order valence-corrected chi connectivity index (χ2v) is 10.2. The minimum absolute atomic E-state index is 0.263. The summed E-state index contributed by atoms with van der Waals surface area (Å²) in [6.07, 6.45) is 11.0. The first-order valence-corrected chi connectivity index (χ1v) is 11.6. The zero-order chi connectivity index (χ0) is 18.6. The van der Waals surface area contributed by atoms with Crippen LogP contribution in [-0.2, 0) is 0 Å². The second-order valence-electron chi connectivity index (χ2n) is 10.2. The monoisotopic (exact) mass is 382 g/mol. The molecule has 0 aromatic carbocycles. The van der Waals surface area contributed by atoms with E-state index in [1.54, 1.807) is 0 Å². The van der Waals surface area contributed by atoms with Crippen molar-refractivity contribution in [1.29, 1.82) is 0 Å². The van der Waals surface area contributed by atoms with Gasteiger partial charge in [-0.3, -0.25) is 0 Å². The van der Waals surface area contributed by atoms with Crippen molar-refractivity contribution in [2.45, 2.75) is 56.9 Å². The van der Waals surface area contributed by atoms with Gasteiger partial charge in [-0.15, -0.1) is 0 Å². The first kappa shape index (κ1) is 17.3. The maximum atomic E-state index is 5.05. The number of aromatic nitrogens is 2. The molecule has 7 rings (SSSR count). The lowest BCUT2D eigenvalue weighted by atomic mass is 9.53. The summed E-state index contributed by atoms with van der Waals surface area (Å²) >= 11 is 0. The molecule has 2 N–H and O–H groups in total. The number of piperazine rings is 1. The summed E-state index contributed by atoms with van der Waals surface area (Å²) in [6.45, 7) is 6.42. The van der Waals surface area contributed by atoms with Crippen LogP contribution in [0, 0.1) is 17.8 Å². The van der Waals surface area contributed by atoms with Gasteiger partial charge in [-0.1, -0.05) is 0 Å². The SMILES string of the molecule is c1c(N2CCCC2)nc(NC23CC4CC(CC(C4)C2)C3)nc1N1CCNCC1. The molecule has 0 amide bonds. The molecule has 0 spiro atoms. The van der Waals surface area contributed by atoms with Gasteiger partial charge in [-0.2, -0.15) is 9.97 Å². The van der Waals surface area contributed by atoms with E-state index in [0.717, 1.165) is 74.6 Å². The summed E-state index contributed by atoms with van der Waals surface area (Å²) in [5.41, 5.74) is 0.263. The molecule has 1 aromatic rings. The first-order valence-electron chi connectivity index (χ1n) is 11.6. The minimum atomic E-state index is 0.263. The maximum absolute atomic E-state index is 5.05. The van der Waals surface area contributed by atoms with Crippen molar-refractivity contribution >= 4 is 17.6 Å². The van der Waals surface area contributed by atoms with Crippen LogP contribution in [0.15, 0.2) is 6.07 Å². The molecule has 6 heteroatoms. The lowest BCUT2D eigenvalue weighted by molar-refractivity contribution is 0.0104. The summed E-state index contributed by atoms with van der Waals surface area (Å²) in [5.74, 6) is 5.95. The quantitative estimate of drug-likeness (QED) is 0.835. The van der Waals surface area contributed by atoms with Crippen molar-refractivity contribution < 1.29 is 0 Å². The highest BCUT2D eigenvalue weighted by Crippen LogP contribution is 2.56. The Kier molecular flexibility index (Phi) is 4.17. The summed E-state index contributed by atoms with van der Waals surface area (Å²) < 4.78 is 0. The summed E-state index contributed by atoms with van der Waals surface area (Å²) in [5, 5.41) is 7.40. The van der Waals surface area contributed by atoms with Crippen LogP contribution in [0.1, 0.15) is 51.4 Å². The average molecular weight is 383 g/mol. The van der Waals surface area contributed by atoms with Crippen molar-refractivity contribution in [2.75, 3.05) is 54.4 Å². The van der Waals surface area contributed by atoms with Crippen molar-refractivity contribution in [2.24, 2.45) is 17.8 Å². The number of rotatable bonds is 4. The van der Waals surface area contributed by atoms with Crippen LogP contribution in [0.5, 0.6) is 0 Å². The van der Waals surface area contributed by atoms with Crippen LogP contribution < -0.4 is 20.4 Å². The number of nitrogens with zero attached hydrogens (tertiary/aromatic N) is 4.